The van der Waals surface area contributed by atoms with Crippen molar-refractivity contribution in [2.45, 2.75) is 79.5 Å². The maximum atomic E-state index is 4.72. The second kappa shape index (κ2) is 18.7. The molecule has 0 aliphatic rings. The average molecular weight is 344 g/mol. The molecular formula is C16H33Sn. The summed E-state index contributed by atoms with van der Waals surface area (Å²) in [6.07, 6.45) is 10.5. The maximum Gasteiger partial charge on any atom is -0.0126 e. The fourth-order valence-corrected chi connectivity index (χ4v) is 12.8. The van der Waals surface area contributed by atoms with Crippen molar-refractivity contribution in [1.29, 1.82) is 0 Å². The first-order chi connectivity index (χ1) is 8.26. The Hall–Kier alpha value is 0.319. The predicted octanol–water partition coefficient (Wildman–Crippen LogP) is 5.76. The van der Waals surface area contributed by atoms with E-state index in [-0.39, 0.29) is 0 Å². The van der Waals surface area contributed by atoms with Crippen molar-refractivity contribution in [3.05, 3.63) is 18.4 Å². The van der Waals surface area contributed by atoms with E-state index in [0.717, 1.165) is 0 Å². The van der Waals surface area contributed by atoms with E-state index in [9.17, 15) is 0 Å². The van der Waals surface area contributed by atoms with E-state index < -0.39 is 19.8 Å². The van der Waals surface area contributed by atoms with Gasteiger partial charge in [0.1, 0.15) is 0 Å². The summed E-state index contributed by atoms with van der Waals surface area (Å²) in [5, 5.41) is 0. The third-order valence-corrected chi connectivity index (χ3v) is 13.6. The number of hydrogen-bond acceptors (Lipinski definition) is 0. The van der Waals surface area contributed by atoms with Gasteiger partial charge in [-0.05, 0) is 19.6 Å². The minimum atomic E-state index is -0.967. The molecule has 0 aliphatic heterocycles. The molecule has 17 heavy (non-hydrogen) atoms. The number of rotatable bonds is 9. The molecule has 101 valence electrons. The van der Waals surface area contributed by atoms with Crippen molar-refractivity contribution >= 4 is 19.8 Å². The van der Waals surface area contributed by atoms with Gasteiger partial charge in [0, 0.05) is 0 Å². The van der Waals surface area contributed by atoms with Crippen LogP contribution in [0, 0.1) is 6.58 Å². The van der Waals surface area contributed by atoms with Gasteiger partial charge in [0.2, 0.25) is 0 Å². The zero-order chi connectivity index (χ0) is 13.4. The maximum absolute atomic E-state index is 4.72. The zero-order valence-corrected chi connectivity index (χ0v) is 15.9. The monoisotopic (exact) mass is 345 g/mol. The molecule has 0 aliphatic carbocycles. The van der Waals surface area contributed by atoms with Crippen LogP contribution in [0.25, 0.3) is 0 Å². The first-order valence-electron chi connectivity index (χ1n) is 7.50. The van der Waals surface area contributed by atoms with Crippen LogP contribution in [-0.4, -0.2) is 19.8 Å². The Balaban J connectivity index is 0. The van der Waals surface area contributed by atoms with Crippen LogP contribution in [0.5, 0.6) is 0 Å². The van der Waals surface area contributed by atoms with Gasteiger partial charge in [-0.1, -0.05) is 0 Å². The second-order valence-electron chi connectivity index (χ2n) is 4.75. The normalized spacial score (nSPS) is 9.47. The topological polar surface area (TPSA) is 0 Å². The fraction of sp³-hybridized carbons (Fsp3) is 0.812. The predicted molar refractivity (Wildman–Crippen MR) is 84.4 cm³/mol. The quantitative estimate of drug-likeness (QED) is 0.368. The third-order valence-electron chi connectivity index (χ3n) is 3.06. The van der Waals surface area contributed by atoms with E-state index in [0.29, 0.717) is 0 Å². The van der Waals surface area contributed by atoms with Gasteiger partial charge in [-0.15, -0.1) is 5.73 Å². The summed E-state index contributed by atoms with van der Waals surface area (Å²) in [5.74, 6) is 0. The number of allylic oxidation sites excluding steroid dienone is 1. The van der Waals surface area contributed by atoms with Crippen LogP contribution in [0.4, 0.5) is 0 Å². The molecule has 1 heteroatoms. The third kappa shape index (κ3) is 18.9. The molecule has 0 aromatic heterocycles. The summed E-state index contributed by atoms with van der Waals surface area (Å²) in [5.41, 5.74) is 2.31. The van der Waals surface area contributed by atoms with Crippen molar-refractivity contribution in [3.63, 3.8) is 0 Å². The van der Waals surface area contributed by atoms with Crippen molar-refractivity contribution < 1.29 is 0 Å². The van der Waals surface area contributed by atoms with Crippen LogP contribution in [0.15, 0.2) is 11.8 Å². The van der Waals surface area contributed by atoms with E-state index in [1.54, 1.807) is 19.4 Å². The standard InChI is InChI=1S/3C4H9.C4H5.Sn.H/c4*1-3-4-2;;/h3*1,3-4H2,2H3;1,4H,2H3;;. The molecule has 0 atom stereocenters. The van der Waals surface area contributed by atoms with Crippen LogP contribution in [-0.2, 0) is 0 Å². The molecule has 0 saturated carbocycles. The molecule has 0 nitrogen and oxygen atoms in total. The van der Waals surface area contributed by atoms with Crippen molar-refractivity contribution in [1.82, 2.24) is 0 Å². The van der Waals surface area contributed by atoms with Crippen molar-refractivity contribution in [2.24, 2.45) is 0 Å². The molecule has 0 spiro atoms. The van der Waals surface area contributed by atoms with Crippen molar-refractivity contribution in [2.75, 3.05) is 0 Å². The van der Waals surface area contributed by atoms with Gasteiger partial charge in [-0.25, -0.2) is 0 Å². The van der Waals surface area contributed by atoms with E-state index in [2.05, 4.69) is 26.5 Å². The summed E-state index contributed by atoms with van der Waals surface area (Å²) in [4.78, 5) is 0. The molecule has 0 fully saturated rings. The Bertz CT molecular complexity index is 149. The Labute approximate surface area is 117 Å². The summed E-state index contributed by atoms with van der Waals surface area (Å²) >= 11 is -0.967. The molecule has 0 aromatic rings. The van der Waals surface area contributed by atoms with E-state index in [1.807, 2.05) is 6.92 Å². The van der Waals surface area contributed by atoms with Crippen LogP contribution >= 0.6 is 0 Å². The van der Waals surface area contributed by atoms with E-state index in [4.69, 9.17) is 6.58 Å². The van der Waals surface area contributed by atoms with Gasteiger partial charge >= 0.3 is 92.4 Å². The molecular weight excluding hydrogens is 311 g/mol. The molecule has 1 radical (unpaired) electrons. The van der Waals surface area contributed by atoms with Gasteiger partial charge in [0.15, 0.2) is 0 Å². The van der Waals surface area contributed by atoms with Crippen molar-refractivity contribution in [3.8, 4) is 0 Å². The second-order valence-corrected chi connectivity index (χ2v) is 14.6. The largest absolute Gasteiger partial charge is 0.125 e. The van der Waals surface area contributed by atoms with Crippen LogP contribution in [0.3, 0.4) is 0 Å². The first kappa shape index (κ1) is 19.7. The molecule has 0 amide bonds. The molecule has 0 bridgehead atoms. The summed E-state index contributed by atoms with van der Waals surface area (Å²) in [7, 11) is 0. The molecule has 0 saturated heterocycles. The first-order valence-corrected chi connectivity index (χ1v) is 14.5. The zero-order valence-electron chi connectivity index (χ0n) is 12.6. The van der Waals surface area contributed by atoms with E-state index >= 15 is 0 Å². The molecule has 0 aromatic carbocycles. The van der Waals surface area contributed by atoms with Crippen LogP contribution in [0.1, 0.15) is 66.2 Å². The Morgan fingerprint density at radius 1 is 0.882 bits per heavy atom. The van der Waals surface area contributed by atoms with Gasteiger partial charge in [-0.3, -0.25) is 0 Å². The fourth-order valence-electron chi connectivity index (χ4n) is 1.91. The molecule has 0 heterocycles. The number of hydrogen-bond donors (Lipinski definition) is 0. The Kier molecular flexibility index (Phi) is 21.6. The number of unbranched alkanes of at least 4 members (excludes halogenated alkanes) is 3. The SMILES string of the molecule is CCC[CH2][SnH]([CH2]CCC)[CH2]CCC.[CH]=C=CC. The summed E-state index contributed by atoms with van der Waals surface area (Å²) in [6, 6.07) is 0. The molecule has 0 N–H and O–H groups in total. The minimum absolute atomic E-state index is 0.967. The van der Waals surface area contributed by atoms with Gasteiger partial charge in [0.05, 0.1) is 0 Å². The summed E-state index contributed by atoms with van der Waals surface area (Å²) in [6.45, 7) is 13.5. The molecule has 0 unspecified atom stereocenters. The average Bonchev–Trinajstić information content (AvgIpc) is 2.38. The Morgan fingerprint density at radius 2 is 1.18 bits per heavy atom. The van der Waals surface area contributed by atoms with Gasteiger partial charge in [0.25, 0.3) is 0 Å². The Morgan fingerprint density at radius 3 is 1.35 bits per heavy atom. The molecule has 0 rings (SSSR count). The smallest absolute Gasteiger partial charge is 0.0126 e. The van der Waals surface area contributed by atoms with Crippen LogP contribution in [0.2, 0.25) is 13.3 Å². The minimum Gasteiger partial charge on any atom is -0.125 e. The summed E-state index contributed by atoms with van der Waals surface area (Å²) < 4.78 is 5.08. The van der Waals surface area contributed by atoms with Gasteiger partial charge < -0.3 is 0 Å². The van der Waals surface area contributed by atoms with Gasteiger partial charge in [-0.2, -0.15) is 0 Å². The van der Waals surface area contributed by atoms with E-state index in [1.165, 1.54) is 38.5 Å². The van der Waals surface area contributed by atoms with Crippen LogP contribution < -0.4 is 0 Å².